The molecule has 1 unspecified atom stereocenters. The van der Waals surface area contributed by atoms with Crippen molar-refractivity contribution >= 4 is 29.2 Å². The zero-order valence-electron chi connectivity index (χ0n) is 12.3. The summed E-state index contributed by atoms with van der Waals surface area (Å²) in [6.07, 6.45) is 0.0102. The summed E-state index contributed by atoms with van der Waals surface area (Å²) in [5.74, 6) is -1.31. The van der Waals surface area contributed by atoms with Gasteiger partial charge in [0, 0.05) is 6.42 Å². The molecule has 1 atom stereocenters. The molecule has 2 aliphatic heterocycles. The van der Waals surface area contributed by atoms with Crippen molar-refractivity contribution < 1.29 is 19.1 Å². The summed E-state index contributed by atoms with van der Waals surface area (Å²) in [6, 6.07) is 7.15. The van der Waals surface area contributed by atoms with E-state index in [1.54, 1.807) is 18.2 Å². The molecule has 1 spiro atoms. The summed E-state index contributed by atoms with van der Waals surface area (Å²) in [5, 5.41) is 3.86. The lowest BCUT2D eigenvalue weighted by molar-refractivity contribution is -0.132. The maximum absolute atomic E-state index is 12.7. The Balaban J connectivity index is 1.89. The molecule has 7 nitrogen and oxygen atoms in total. The second kappa shape index (κ2) is 4.94. The third-order valence-electron chi connectivity index (χ3n) is 3.87. The lowest BCUT2D eigenvalue weighted by Gasteiger charge is -2.21. The molecule has 22 heavy (non-hydrogen) atoms. The molecular weight excluding hydrogens is 286 g/mol. The van der Waals surface area contributed by atoms with Crippen LogP contribution in [0.3, 0.4) is 0 Å². The van der Waals surface area contributed by atoms with Gasteiger partial charge < -0.3 is 4.74 Å². The Morgan fingerprint density at radius 3 is 2.82 bits per heavy atom. The predicted molar refractivity (Wildman–Crippen MR) is 78.2 cm³/mol. The average molecular weight is 301 g/mol. The molecule has 1 saturated heterocycles. The van der Waals surface area contributed by atoms with Crippen LogP contribution in [0.4, 0.5) is 5.69 Å². The summed E-state index contributed by atoms with van der Waals surface area (Å²) in [5.41, 5.74) is 3.09. The number of nitrogens with one attached hydrogen (secondary N) is 1. The molecule has 0 radical (unpaired) electrons. The Morgan fingerprint density at radius 1 is 1.36 bits per heavy atom. The zero-order valence-corrected chi connectivity index (χ0v) is 12.3. The summed E-state index contributed by atoms with van der Waals surface area (Å²) < 4.78 is 4.61. The first-order valence-electron chi connectivity index (χ1n) is 6.83. The number of rotatable bonds is 2. The van der Waals surface area contributed by atoms with Gasteiger partial charge in [-0.05, 0) is 24.6 Å². The van der Waals surface area contributed by atoms with Crippen LogP contribution < -0.4 is 10.3 Å². The highest BCUT2D eigenvalue weighted by Gasteiger charge is 2.56. The van der Waals surface area contributed by atoms with Crippen LogP contribution in [0.1, 0.15) is 18.4 Å². The molecule has 3 rings (SSSR count). The van der Waals surface area contributed by atoms with Gasteiger partial charge in [-0.25, -0.2) is 9.69 Å². The van der Waals surface area contributed by atoms with Crippen molar-refractivity contribution in [3.63, 3.8) is 0 Å². The number of imide groups is 1. The molecule has 2 heterocycles. The van der Waals surface area contributed by atoms with Gasteiger partial charge in [0.05, 0.1) is 19.2 Å². The number of methoxy groups -OCH3 is 1. The highest BCUT2D eigenvalue weighted by molar-refractivity contribution is 6.39. The number of hydrazone groups is 1. The van der Waals surface area contributed by atoms with E-state index in [0.29, 0.717) is 5.69 Å². The summed E-state index contributed by atoms with van der Waals surface area (Å²) >= 11 is 0. The van der Waals surface area contributed by atoms with Crippen molar-refractivity contribution in [2.45, 2.75) is 25.3 Å². The molecule has 7 heteroatoms. The Labute approximate surface area is 126 Å². The van der Waals surface area contributed by atoms with Gasteiger partial charge in [0.15, 0.2) is 0 Å². The molecule has 1 N–H and O–H groups in total. The number of esters is 1. The number of aryl methyl sites for hydroxylation is 1. The van der Waals surface area contributed by atoms with Crippen molar-refractivity contribution in [1.82, 2.24) is 5.43 Å². The van der Waals surface area contributed by atoms with Gasteiger partial charge in [0.2, 0.25) is 5.91 Å². The predicted octanol–water partition coefficient (Wildman–Crippen LogP) is 0.519. The topological polar surface area (TPSA) is 88.1 Å². The van der Waals surface area contributed by atoms with E-state index in [9.17, 15) is 14.4 Å². The Hall–Kier alpha value is -2.70. The molecule has 0 saturated carbocycles. The largest absolute Gasteiger partial charge is 0.464 e. The van der Waals surface area contributed by atoms with E-state index < -0.39 is 17.4 Å². The number of carbonyl (C=O) groups excluding carboxylic acids is 3. The van der Waals surface area contributed by atoms with Gasteiger partial charge >= 0.3 is 5.97 Å². The van der Waals surface area contributed by atoms with Crippen molar-refractivity contribution in [2.24, 2.45) is 5.10 Å². The number of hydrogen-bond acceptors (Lipinski definition) is 6. The lowest BCUT2D eigenvalue weighted by Crippen LogP contribution is -2.47. The monoisotopic (exact) mass is 301 g/mol. The van der Waals surface area contributed by atoms with Gasteiger partial charge in [-0.3, -0.25) is 15.0 Å². The van der Waals surface area contributed by atoms with Gasteiger partial charge in [-0.2, -0.15) is 5.10 Å². The van der Waals surface area contributed by atoms with Crippen LogP contribution in [0.5, 0.6) is 0 Å². The third kappa shape index (κ3) is 2.05. The molecular formula is C15H15N3O4. The van der Waals surface area contributed by atoms with Crippen molar-refractivity contribution in [1.29, 1.82) is 0 Å². The van der Waals surface area contributed by atoms with Crippen LogP contribution in [0.25, 0.3) is 0 Å². The Bertz CT molecular complexity index is 712. The first-order valence-corrected chi connectivity index (χ1v) is 6.83. The molecule has 0 bridgehead atoms. The van der Waals surface area contributed by atoms with Crippen LogP contribution in [0.15, 0.2) is 29.4 Å². The quantitative estimate of drug-likeness (QED) is 0.635. The Kier molecular flexibility index (Phi) is 3.20. The van der Waals surface area contributed by atoms with Crippen molar-refractivity contribution in [3.05, 3.63) is 29.8 Å². The first-order chi connectivity index (χ1) is 10.5. The highest BCUT2D eigenvalue weighted by Crippen LogP contribution is 2.34. The molecule has 1 fully saturated rings. The van der Waals surface area contributed by atoms with Crippen LogP contribution in [-0.2, 0) is 19.1 Å². The van der Waals surface area contributed by atoms with E-state index in [1.165, 1.54) is 7.11 Å². The second-order valence-corrected chi connectivity index (χ2v) is 5.47. The number of benzene rings is 1. The fourth-order valence-electron chi connectivity index (χ4n) is 2.77. The number of amides is 2. The fraction of sp³-hybridized carbons (Fsp3) is 0.333. The average Bonchev–Trinajstić information content (AvgIpc) is 3.01. The van der Waals surface area contributed by atoms with Crippen LogP contribution in [0.2, 0.25) is 0 Å². The smallest absolute Gasteiger partial charge is 0.354 e. The minimum absolute atomic E-state index is 0.0379. The standard InChI is InChI=1S/C15H15N3O4/c1-9-4-3-5-10(6-9)18-12(19)8-15(14(18)21)7-11(16-17-15)13(20)22-2/h3-6,17H,7-8H2,1-2H3. The molecule has 114 valence electrons. The van der Waals surface area contributed by atoms with E-state index in [-0.39, 0.29) is 24.5 Å². The molecule has 2 aliphatic rings. The van der Waals surface area contributed by atoms with Gasteiger partial charge in [0.25, 0.3) is 5.91 Å². The highest BCUT2D eigenvalue weighted by atomic mass is 16.5. The van der Waals surface area contributed by atoms with Crippen LogP contribution >= 0.6 is 0 Å². The molecule has 1 aromatic rings. The van der Waals surface area contributed by atoms with E-state index in [2.05, 4.69) is 15.3 Å². The van der Waals surface area contributed by atoms with Gasteiger partial charge in [-0.1, -0.05) is 12.1 Å². The van der Waals surface area contributed by atoms with Gasteiger partial charge in [0.1, 0.15) is 11.3 Å². The Morgan fingerprint density at radius 2 is 2.14 bits per heavy atom. The van der Waals surface area contributed by atoms with E-state index in [1.807, 2.05) is 13.0 Å². The number of carbonyl (C=O) groups is 3. The minimum atomic E-state index is -1.18. The fourth-order valence-corrected chi connectivity index (χ4v) is 2.77. The normalized spacial score (nSPS) is 23.7. The lowest BCUT2D eigenvalue weighted by atomic mass is 9.93. The number of hydrogen-bond donors (Lipinski definition) is 1. The summed E-state index contributed by atoms with van der Waals surface area (Å²) in [6.45, 7) is 1.89. The summed E-state index contributed by atoms with van der Waals surface area (Å²) in [4.78, 5) is 37.7. The van der Waals surface area contributed by atoms with Crippen LogP contribution in [-0.4, -0.2) is 36.1 Å². The molecule has 1 aromatic carbocycles. The maximum atomic E-state index is 12.7. The second-order valence-electron chi connectivity index (χ2n) is 5.47. The number of anilines is 1. The van der Waals surface area contributed by atoms with Gasteiger partial charge in [-0.15, -0.1) is 0 Å². The number of ether oxygens (including phenoxy) is 1. The van der Waals surface area contributed by atoms with Crippen molar-refractivity contribution in [3.8, 4) is 0 Å². The summed E-state index contributed by atoms with van der Waals surface area (Å²) in [7, 11) is 1.25. The molecule has 0 aliphatic carbocycles. The van der Waals surface area contributed by atoms with Crippen molar-refractivity contribution in [2.75, 3.05) is 12.0 Å². The van der Waals surface area contributed by atoms with E-state index >= 15 is 0 Å². The zero-order chi connectivity index (χ0) is 15.9. The third-order valence-corrected chi connectivity index (χ3v) is 3.87. The van der Waals surface area contributed by atoms with E-state index in [0.717, 1.165) is 10.5 Å². The molecule has 0 aromatic heterocycles. The SMILES string of the molecule is COC(=O)C1=NNC2(CC(=O)N(c3cccc(C)c3)C2=O)C1. The minimum Gasteiger partial charge on any atom is -0.464 e. The van der Waals surface area contributed by atoms with Crippen LogP contribution in [0, 0.1) is 6.92 Å². The first kappa shape index (κ1) is 14.2. The number of nitrogens with zero attached hydrogens (tertiary/aromatic N) is 2. The van der Waals surface area contributed by atoms with E-state index in [4.69, 9.17) is 0 Å². The maximum Gasteiger partial charge on any atom is 0.354 e. The molecule has 2 amide bonds.